The molecular weight excluding hydrogens is 446 g/mol. The van der Waals surface area contributed by atoms with Crippen molar-refractivity contribution in [1.29, 1.82) is 0 Å². The number of fused-ring (bicyclic) bond motifs is 1. The first-order valence-corrected chi connectivity index (χ1v) is 12.1. The van der Waals surface area contributed by atoms with Gasteiger partial charge in [0.25, 0.3) is 0 Å². The van der Waals surface area contributed by atoms with Crippen LogP contribution < -0.4 is 0 Å². The highest BCUT2D eigenvalue weighted by Gasteiger charge is 2.37. The van der Waals surface area contributed by atoms with Crippen LogP contribution in [-0.2, 0) is 27.4 Å². The standard InChI is InChI=1S/C27H37N3O5/c1-26(2,3)19(24(32)34-7)16-21(31)22-20-17-29(25(33)35-27(4,5)6)14-11-15-30(20)23(28-22)18-12-9-8-10-13-18/h8-10,12-13,19H,11,14-17H2,1-7H3/t19-/m1/s1. The van der Waals surface area contributed by atoms with Crippen molar-refractivity contribution in [2.45, 2.75) is 73.1 Å². The van der Waals surface area contributed by atoms with Crippen molar-refractivity contribution >= 4 is 17.8 Å². The van der Waals surface area contributed by atoms with Crippen LogP contribution in [0.3, 0.4) is 0 Å². The molecule has 3 rings (SSSR count). The topological polar surface area (TPSA) is 90.7 Å². The Kier molecular flexibility index (Phi) is 7.72. The molecule has 190 valence electrons. The monoisotopic (exact) mass is 483 g/mol. The molecule has 0 radical (unpaired) electrons. The van der Waals surface area contributed by atoms with Gasteiger partial charge in [0.05, 0.1) is 25.3 Å². The van der Waals surface area contributed by atoms with Gasteiger partial charge in [0, 0.05) is 25.1 Å². The van der Waals surface area contributed by atoms with E-state index in [-0.39, 0.29) is 24.4 Å². The second kappa shape index (κ2) is 10.2. The van der Waals surface area contributed by atoms with Crippen LogP contribution in [0.1, 0.15) is 70.6 Å². The van der Waals surface area contributed by atoms with Gasteiger partial charge in [-0.2, -0.15) is 0 Å². The molecule has 1 aromatic carbocycles. The molecule has 8 heteroatoms. The van der Waals surface area contributed by atoms with Crippen molar-refractivity contribution in [3.63, 3.8) is 0 Å². The number of Topliss-reactive ketones (excluding diaryl/α,β-unsaturated/α-hetero) is 1. The Hall–Kier alpha value is -3.16. The van der Waals surface area contributed by atoms with Crippen molar-refractivity contribution in [3.8, 4) is 11.4 Å². The quantitative estimate of drug-likeness (QED) is 0.434. The zero-order valence-corrected chi connectivity index (χ0v) is 21.9. The second-order valence-corrected chi connectivity index (χ2v) is 11.1. The Labute approximate surface area is 207 Å². The van der Waals surface area contributed by atoms with E-state index < -0.39 is 29.0 Å². The SMILES string of the molecule is COC(=O)[C@@H](CC(=O)c1nc(-c2ccccc2)n2c1CN(C(=O)OC(C)(C)C)CCC2)C(C)(C)C. The van der Waals surface area contributed by atoms with Crippen molar-refractivity contribution < 1.29 is 23.9 Å². The zero-order valence-electron chi connectivity index (χ0n) is 21.9. The molecule has 1 amide bonds. The van der Waals surface area contributed by atoms with Gasteiger partial charge >= 0.3 is 12.1 Å². The molecule has 0 spiro atoms. The van der Waals surface area contributed by atoms with E-state index in [1.807, 2.05) is 76.4 Å². The molecule has 8 nitrogen and oxygen atoms in total. The van der Waals surface area contributed by atoms with Crippen molar-refractivity contribution in [2.24, 2.45) is 11.3 Å². The van der Waals surface area contributed by atoms with Crippen LogP contribution in [-0.4, -0.2) is 51.6 Å². The van der Waals surface area contributed by atoms with Gasteiger partial charge in [-0.3, -0.25) is 9.59 Å². The van der Waals surface area contributed by atoms with Crippen LogP contribution in [0.2, 0.25) is 0 Å². The molecule has 0 aliphatic carbocycles. The maximum absolute atomic E-state index is 13.6. The highest BCUT2D eigenvalue weighted by Crippen LogP contribution is 2.33. The van der Waals surface area contributed by atoms with Gasteiger partial charge in [0.15, 0.2) is 5.78 Å². The number of imidazole rings is 1. The first kappa shape index (κ1) is 26.4. The van der Waals surface area contributed by atoms with Crippen molar-refractivity contribution in [3.05, 3.63) is 41.7 Å². The molecule has 2 heterocycles. The molecule has 2 aromatic rings. The van der Waals surface area contributed by atoms with E-state index in [1.54, 1.807) is 4.90 Å². The molecule has 1 atom stereocenters. The summed E-state index contributed by atoms with van der Waals surface area (Å²) in [7, 11) is 1.33. The summed E-state index contributed by atoms with van der Waals surface area (Å²) < 4.78 is 12.6. The molecule has 1 aliphatic rings. The number of ketones is 1. The van der Waals surface area contributed by atoms with Crippen LogP contribution in [0, 0.1) is 11.3 Å². The highest BCUT2D eigenvalue weighted by molar-refractivity contribution is 5.98. The first-order valence-electron chi connectivity index (χ1n) is 12.1. The maximum Gasteiger partial charge on any atom is 0.410 e. The molecule has 0 bridgehead atoms. The number of carbonyl (C=O) groups excluding carboxylic acids is 3. The minimum Gasteiger partial charge on any atom is -0.469 e. The highest BCUT2D eigenvalue weighted by atomic mass is 16.6. The Balaban J connectivity index is 2.05. The first-order chi connectivity index (χ1) is 16.3. The van der Waals surface area contributed by atoms with Crippen molar-refractivity contribution in [2.75, 3.05) is 13.7 Å². The van der Waals surface area contributed by atoms with Crippen LogP contribution in [0.15, 0.2) is 30.3 Å². The summed E-state index contributed by atoms with van der Waals surface area (Å²) in [5, 5.41) is 0. The number of esters is 1. The van der Waals surface area contributed by atoms with E-state index in [1.165, 1.54) is 7.11 Å². The van der Waals surface area contributed by atoms with Gasteiger partial charge in [0.1, 0.15) is 17.1 Å². The van der Waals surface area contributed by atoms with Gasteiger partial charge < -0.3 is 18.9 Å². The summed E-state index contributed by atoms with van der Waals surface area (Å²) in [4.78, 5) is 45.4. The van der Waals surface area contributed by atoms with E-state index in [0.717, 1.165) is 5.56 Å². The minimum atomic E-state index is -0.627. The molecule has 35 heavy (non-hydrogen) atoms. The number of nitrogens with zero attached hydrogens (tertiary/aromatic N) is 3. The van der Waals surface area contributed by atoms with E-state index in [9.17, 15) is 14.4 Å². The summed E-state index contributed by atoms with van der Waals surface area (Å²) in [6.45, 7) is 12.5. The summed E-state index contributed by atoms with van der Waals surface area (Å²) in [6, 6.07) is 9.68. The molecule has 1 aromatic heterocycles. The van der Waals surface area contributed by atoms with Crippen LogP contribution in [0.4, 0.5) is 4.79 Å². The predicted octanol–water partition coefficient (Wildman–Crippen LogP) is 5.10. The van der Waals surface area contributed by atoms with Gasteiger partial charge in [0.2, 0.25) is 0 Å². The number of carbonyl (C=O) groups is 3. The van der Waals surface area contributed by atoms with Gasteiger partial charge in [-0.1, -0.05) is 51.1 Å². The predicted molar refractivity (Wildman–Crippen MR) is 133 cm³/mol. The number of benzene rings is 1. The van der Waals surface area contributed by atoms with Crippen LogP contribution >= 0.6 is 0 Å². The van der Waals surface area contributed by atoms with E-state index in [4.69, 9.17) is 14.5 Å². The molecule has 0 N–H and O–H groups in total. The molecule has 0 saturated carbocycles. The van der Waals surface area contributed by atoms with Crippen molar-refractivity contribution in [1.82, 2.24) is 14.5 Å². The van der Waals surface area contributed by atoms with E-state index in [2.05, 4.69) is 0 Å². The Morgan fingerprint density at radius 3 is 2.26 bits per heavy atom. The summed E-state index contributed by atoms with van der Waals surface area (Å²) in [5.74, 6) is -0.604. The molecule has 0 fully saturated rings. The largest absolute Gasteiger partial charge is 0.469 e. The van der Waals surface area contributed by atoms with Gasteiger partial charge in [-0.15, -0.1) is 0 Å². The lowest BCUT2D eigenvalue weighted by molar-refractivity contribution is -0.149. The molecular formula is C27H37N3O5. The average Bonchev–Trinajstić information content (AvgIpc) is 2.98. The fraction of sp³-hybridized carbons (Fsp3) is 0.556. The summed E-state index contributed by atoms with van der Waals surface area (Å²) in [6.07, 6.45) is 0.248. The zero-order chi connectivity index (χ0) is 26.0. The van der Waals surface area contributed by atoms with E-state index >= 15 is 0 Å². The van der Waals surface area contributed by atoms with Gasteiger partial charge in [-0.25, -0.2) is 9.78 Å². The lowest BCUT2D eigenvalue weighted by atomic mass is 9.77. The maximum atomic E-state index is 13.6. The number of hydrogen-bond donors (Lipinski definition) is 0. The van der Waals surface area contributed by atoms with Crippen LogP contribution in [0.5, 0.6) is 0 Å². The number of rotatable bonds is 5. The second-order valence-electron chi connectivity index (χ2n) is 11.1. The number of hydrogen-bond acceptors (Lipinski definition) is 6. The Morgan fingerprint density at radius 2 is 1.69 bits per heavy atom. The Morgan fingerprint density at radius 1 is 1.03 bits per heavy atom. The summed E-state index contributed by atoms with van der Waals surface area (Å²) in [5.41, 5.74) is 0.744. The third kappa shape index (κ3) is 6.29. The number of ether oxygens (including phenoxy) is 2. The van der Waals surface area contributed by atoms with E-state index in [0.29, 0.717) is 31.0 Å². The normalized spacial score (nSPS) is 15.1. The lowest BCUT2D eigenvalue weighted by Gasteiger charge is -2.28. The molecule has 0 saturated heterocycles. The lowest BCUT2D eigenvalue weighted by Crippen LogP contribution is -2.37. The van der Waals surface area contributed by atoms with Crippen LogP contribution in [0.25, 0.3) is 11.4 Å². The number of methoxy groups -OCH3 is 1. The fourth-order valence-corrected chi connectivity index (χ4v) is 4.25. The third-order valence-electron chi connectivity index (χ3n) is 6.09. The fourth-order valence-electron chi connectivity index (χ4n) is 4.25. The molecule has 0 unspecified atom stereocenters. The number of aromatic nitrogens is 2. The molecule has 1 aliphatic heterocycles. The van der Waals surface area contributed by atoms with Gasteiger partial charge in [-0.05, 0) is 32.6 Å². The average molecular weight is 484 g/mol. The third-order valence-corrected chi connectivity index (χ3v) is 6.09. The smallest absolute Gasteiger partial charge is 0.410 e. The Bertz CT molecular complexity index is 1080. The summed E-state index contributed by atoms with van der Waals surface area (Å²) >= 11 is 0. The minimum absolute atomic E-state index is 0.0269. The number of amides is 1.